The highest BCUT2D eigenvalue weighted by Gasteiger charge is 2.31. The first-order chi connectivity index (χ1) is 16.4. The van der Waals surface area contributed by atoms with E-state index in [1.165, 1.54) is 23.3 Å². The quantitative estimate of drug-likeness (QED) is 0.406. The van der Waals surface area contributed by atoms with E-state index in [1.807, 2.05) is 17.2 Å². The molecule has 2 heterocycles. The molecule has 0 unspecified atom stereocenters. The zero-order valence-corrected chi connectivity index (χ0v) is 19.5. The van der Waals surface area contributed by atoms with E-state index in [-0.39, 0.29) is 0 Å². The van der Waals surface area contributed by atoms with Gasteiger partial charge in [0.25, 0.3) is 0 Å². The summed E-state index contributed by atoms with van der Waals surface area (Å²) >= 11 is 0. The number of unbranched alkanes of at least 4 members (excludes halogenated alkanes) is 1. The monoisotopic (exact) mass is 468 g/mol. The number of rotatable bonds is 8. The number of nitrogens with zero attached hydrogens (tertiary/aromatic N) is 3. The zero-order chi connectivity index (χ0) is 24.0. The van der Waals surface area contributed by atoms with Crippen LogP contribution in [0.1, 0.15) is 24.0 Å². The number of piperazine rings is 1. The highest BCUT2D eigenvalue weighted by Crippen LogP contribution is 2.32. The predicted molar refractivity (Wildman–Crippen MR) is 132 cm³/mol. The molecule has 0 atom stereocenters. The van der Waals surface area contributed by atoms with E-state index in [1.54, 1.807) is 6.07 Å². The second-order valence-corrected chi connectivity index (χ2v) is 8.81. The summed E-state index contributed by atoms with van der Waals surface area (Å²) in [5.41, 5.74) is 3.65. The molecule has 3 aromatic rings. The number of anilines is 2. The van der Waals surface area contributed by atoms with Gasteiger partial charge in [-0.1, -0.05) is 35.9 Å². The van der Waals surface area contributed by atoms with Crippen molar-refractivity contribution < 1.29 is 13.2 Å². The van der Waals surface area contributed by atoms with Crippen molar-refractivity contribution in [3.05, 3.63) is 78.0 Å². The summed E-state index contributed by atoms with van der Waals surface area (Å²) in [5, 5.41) is 3.42. The van der Waals surface area contributed by atoms with E-state index < -0.39 is 11.7 Å². The van der Waals surface area contributed by atoms with Crippen molar-refractivity contribution in [1.82, 2.24) is 9.88 Å². The van der Waals surface area contributed by atoms with Crippen LogP contribution in [0.4, 0.5) is 24.7 Å². The third-order valence-electron chi connectivity index (χ3n) is 6.23. The molecule has 0 spiro atoms. The van der Waals surface area contributed by atoms with E-state index in [0.29, 0.717) is 5.69 Å². The van der Waals surface area contributed by atoms with Gasteiger partial charge in [0.15, 0.2) is 0 Å². The standard InChI is InChI=1S/C27H31F3N4/c1-21-6-4-7-22(18-21)23-10-12-32-26(19-23)31-11-2-3-13-33-14-16-34(17-15-33)25-9-5-8-24(20-25)27(28,29)30/h4-10,12,18-20H,2-3,11,13-17H2,1H3,(H,31,32). The second-order valence-electron chi connectivity index (χ2n) is 8.81. The van der Waals surface area contributed by atoms with Gasteiger partial charge in [-0.05, 0) is 67.8 Å². The maximum absolute atomic E-state index is 13.0. The highest BCUT2D eigenvalue weighted by molar-refractivity contribution is 5.66. The molecule has 4 rings (SSSR count). The van der Waals surface area contributed by atoms with E-state index in [9.17, 15) is 13.2 Å². The molecule has 4 nitrogen and oxygen atoms in total. The molecule has 2 aromatic carbocycles. The third-order valence-corrected chi connectivity index (χ3v) is 6.23. The maximum atomic E-state index is 13.0. The van der Waals surface area contributed by atoms with E-state index >= 15 is 0 Å². The number of pyridine rings is 1. The van der Waals surface area contributed by atoms with Crippen molar-refractivity contribution in [1.29, 1.82) is 0 Å². The van der Waals surface area contributed by atoms with Gasteiger partial charge in [-0.2, -0.15) is 13.2 Å². The van der Waals surface area contributed by atoms with Gasteiger partial charge in [0.2, 0.25) is 0 Å². The van der Waals surface area contributed by atoms with E-state index in [2.05, 4.69) is 52.5 Å². The molecule has 34 heavy (non-hydrogen) atoms. The Bertz CT molecular complexity index is 1080. The lowest BCUT2D eigenvalue weighted by Gasteiger charge is -2.36. The van der Waals surface area contributed by atoms with E-state index in [0.717, 1.165) is 69.6 Å². The van der Waals surface area contributed by atoms with Gasteiger partial charge >= 0.3 is 6.18 Å². The molecule has 0 radical (unpaired) electrons. The summed E-state index contributed by atoms with van der Waals surface area (Å²) in [6.07, 6.45) is -0.370. The number of alkyl halides is 3. The van der Waals surface area contributed by atoms with Crippen molar-refractivity contribution >= 4 is 11.5 Å². The van der Waals surface area contributed by atoms with E-state index in [4.69, 9.17) is 0 Å². The SMILES string of the molecule is Cc1cccc(-c2ccnc(NCCCCN3CCN(c4cccc(C(F)(F)F)c4)CC3)c2)c1. The van der Waals surface area contributed by atoms with Crippen LogP contribution in [0.3, 0.4) is 0 Å². The fourth-order valence-electron chi connectivity index (χ4n) is 4.32. The first kappa shape index (κ1) is 24.1. The first-order valence-electron chi connectivity index (χ1n) is 11.8. The Hall–Kier alpha value is -3.06. The van der Waals surface area contributed by atoms with Crippen LogP contribution in [0, 0.1) is 6.92 Å². The van der Waals surface area contributed by atoms with Crippen molar-refractivity contribution in [2.24, 2.45) is 0 Å². The van der Waals surface area contributed by atoms with Crippen molar-refractivity contribution in [3.63, 3.8) is 0 Å². The summed E-state index contributed by atoms with van der Waals surface area (Å²) in [5.74, 6) is 0.883. The van der Waals surface area contributed by atoms with Crippen LogP contribution >= 0.6 is 0 Å². The van der Waals surface area contributed by atoms with Crippen molar-refractivity contribution in [2.45, 2.75) is 25.9 Å². The lowest BCUT2D eigenvalue weighted by atomic mass is 10.0. The fourth-order valence-corrected chi connectivity index (χ4v) is 4.32. The third kappa shape index (κ3) is 6.50. The molecule has 180 valence electrons. The van der Waals surface area contributed by atoms with Gasteiger partial charge in [-0.15, -0.1) is 0 Å². The molecule has 0 aliphatic carbocycles. The Morgan fingerprint density at radius 2 is 1.65 bits per heavy atom. The van der Waals surface area contributed by atoms with Crippen molar-refractivity contribution in [2.75, 3.05) is 49.5 Å². The molecule has 1 aromatic heterocycles. The summed E-state index contributed by atoms with van der Waals surface area (Å²) < 4.78 is 39.0. The number of halogens is 3. The predicted octanol–water partition coefficient (Wildman–Crippen LogP) is 6.09. The number of nitrogens with one attached hydrogen (secondary N) is 1. The van der Waals surface area contributed by atoms with Crippen LogP contribution in [-0.2, 0) is 6.18 Å². The smallest absolute Gasteiger partial charge is 0.370 e. The molecule has 1 aliphatic rings. The lowest BCUT2D eigenvalue weighted by molar-refractivity contribution is -0.137. The maximum Gasteiger partial charge on any atom is 0.416 e. The minimum absolute atomic E-state index is 0.584. The van der Waals surface area contributed by atoms with Crippen LogP contribution in [0.15, 0.2) is 66.9 Å². The van der Waals surface area contributed by atoms with Crippen LogP contribution in [0.25, 0.3) is 11.1 Å². The summed E-state index contributed by atoms with van der Waals surface area (Å²) in [6, 6.07) is 18.2. The number of aryl methyl sites for hydroxylation is 1. The molecule has 1 fully saturated rings. The summed E-state index contributed by atoms with van der Waals surface area (Å²) in [7, 11) is 0. The summed E-state index contributed by atoms with van der Waals surface area (Å²) in [4.78, 5) is 8.87. The van der Waals surface area contributed by atoms with Gasteiger partial charge in [0, 0.05) is 44.6 Å². The fraction of sp³-hybridized carbons (Fsp3) is 0.370. The topological polar surface area (TPSA) is 31.4 Å². The highest BCUT2D eigenvalue weighted by atomic mass is 19.4. The molecule has 7 heteroatoms. The van der Waals surface area contributed by atoms with Gasteiger partial charge < -0.3 is 10.2 Å². The summed E-state index contributed by atoms with van der Waals surface area (Å²) in [6.45, 7) is 7.16. The number of aromatic nitrogens is 1. The van der Waals surface area contributed by atoms with Gasteiger partial charge in [0.05, 0.1) is 5.56 Å². The Balaban J connectivity index is 1.17. The average Bonchev–Trinajstić information content (AvgIpc) is 2.84. The Kier molecular flexibility index (Phi) is 7.73. The molecule has 1 saturated heterocycles. The Morgan fingerprint density at radius 3 is 2.41 bits per heavy atom. The molecular weight excluding hydrogens is 437 g/mol. The number of hydrogen-bond acceptors (Lipinski definition) is 4. The second kappa shape index (κ2) is 10.9. The van der Waals surface area contributed by atoms with Crippen LogP contribution < -0.4 is 10.2 Å². The van der Waals surface area contributed by atoms with Crippen molar-refractivity contribution in [3.8, 4) is 11.1 Å². The molecule has 1 aliphatic heterocycles. The molecule has 0 amide bonds. The minimum Gasteiger partial charge on any atom is -0.370 e. The Morgan fingerprint density at radius 1 is 0.882 bits per heavy atom. The van der Waals surface area contributed by atoms with Crippen LogP contribution in [0.2, 0.25) is 0 Å². The van der Waals surface area contributed by atoms with Gasteiger partial charge in [0.1, 0.15) is 5.82 Å². The molecule has 1 N–H and O–H groups in total. The molecule has 0 bridgehead atoms. The largest absolute Gasteiger partial charge is 0.416 e. The molecule has 0 saturated carbocycles. The number of benzene rings is 2. The Labute approximate surface area is 199 Å². The van der Waals surface area contributed by atoms with Crippen LogP contribution in [-0.4, -0.2) is 49.2 Å². The zero-order valence-electron chi connectivity index (χ0n) is 19.5. The first-order valence-corrected chi connectivity index (χ1v) is 11.8. The normalized spacial score (nSPS) is 14.9. The van der Waals surface area contributed by atoms with Crippen LogP contribution in [0.5, 0.6) is 0 Å². The lowest BCUT2D eigenvalue weighted by Crippen LogP contribution is -2.46. The molecular formula is C27H31F3N4. The van der Waals surface area contributed by atoms with Gasteiger partial charge in [-0.25, -0.2) is 4.98 Å². The number of hydrogen-bond donors (Lipinski definition) is 1. The average molecular weight is 469 g/mol. The minimum atomic E-state index is -4.30. The van der Waals surface area contributed by atoms with Gasteiger partial charge in [-0.3, -0.25) is 4.90 Å².